The van der Waals surface area contributed by atoms with Gasteiger partial charge in [-0.05, 0) is 47.4 Å². The van der Waals surface area contributed by atoms with Crippen LogP contribution in [0.25, 0.3) is 5.82 Å². The Balaban J connectivity index is 1.79. The van der Waals surface area contributed by atoms with E-state index < -0.39 is 35.2 Å². The zero-order valence-corrected chi connectivity index (χ0v) is 19.6. The van der Waals surface area contributed by atoms with E-state index in [1.54, 1.807) is 11.8 Å². The Bertz CT molecular complexity index is 1660. The Morgan fingerprint density at radius 3 is 2.27 bits per heavy atom. The number of rotatable bonds is 5. The van der Waals surface area contributed by atoms with Crippen LogP contribution in [0.4, 0.5) is 19.0 Å². The van der Waals surface area contributed by atoms with E-state index in [1.807, 2.05) is 30.3 Å². The van der Waals surface area contributed by atoms with Gasteiger partial charge < -0.3 is 4.90 Å². The van der Waals surface area contributed by atoms with Crippen LogP contribution in [0.2, 0.25) is 0 Å². The third-order valence-electron chi connectivity index (χ3n) is 6.21. The molecule has 0 N–H and O–H groups in total. The first kappa shape index (κ1) is 24.0. The molecule has 0 spiro atoms. The van der Waals surface area contributed by atoms with Crippen molar-refractivity contribution in [2.75, 3.05) is 4.90 Å². The molecular formula is C26H19F3N6O2. The number of nitrogens with zero attached hydrogens (tertiary/aromatic N) is 6. The van der Waals surface area contributed by atoms with E-state index in [9.17, 15) is 28.0 Å². The fourth-order valence-electron chi connectivity index (χ4n) is 4.58. The van der Waals surface area contributed by atoms with Crippen molar-refractivity contribution < 1.29 is 13.2 Å². The van der Waals surface area contributed by atoms with Gasteiger partial charge in [0, 0.05) is 19.5 Å². The molecule has 186 valence electrons. The van der Waals surface area contributed by atoms with Crippen LogP contribution >= 0.6 is 0 Å². The van der Waals surface area contributed by atoms with Crippen molar-refractivity contribution in [2.45, 2.75) is 33.0 Å². The normalized spacial score (nSPS) is 12.5. The standard InChI is InChI=1S/C26H19F3N6O2/c1-15-8-22(32-31-12-15)35-25(36)19(9-16-10-20(27)23(29)21(28)11-16)24(34(7-6-30)26(35)37)33-13-17-4-2-3-5-18(17)14-33/h2-5,8,10-12H,7,9,13-14H2,1H3. The number of fused-ring (bicyclic) bond motifs is 1. The summed E-state index contributed by atoms with van der Waals surface area (Å²) in [6, 6.07) is 12.6. The molecule has 0 unspecified atom stereocenters. The number of anilines is 1. The lowest BCUT2D eigenvalue weighted by Gasteiger charge is -2.25. The maximum Gasteiger partial charge on any atom is 0.339 e. The van der Waals surface area contributed by atoms with E-state index in [0.29, 0.717) is 18.7 Å². The summed E-state index contributed by atoms with van der Waals surface area (Å²) in [5.41, 5.74) is 0.958. The molecule has 0 saturated heterocycles. The SMILES string of the molecule is Cc1cnnc(-n2c(=O)c(Cc3cc(F)c(F)c(F)c3)c(N3Cc4ccccc4C3)n(CC#N)c2=O)c1. The zero-order chi connectivity index (χ0) is 26.3. The highest BCUT2D eigenvalue weighted by atomic mass is 19.2. The summed E-state index contributed by atoms with van der Waals surface area (Å²) in [6.07, 6.45) is 1.11. The lowest BCUT2D eigenvalue weighted by atomic mass is 10.0. The topological polar surface area (TPSA) is 96.8 Å². The molecule has 0 amide bonds. The van der Waals surface area contributed by atoms with Gasteiger partial charge in [0.1, 0.15) is 12.4 Å². The molecule has 0 atom stereocenters. The van der Waals surface area contributed by atoms with Gasteiger partial charge in [-0.1, -0.05) is 24.3 Å². The molecule has 5 rings (SSSR count). The molecule has 0 aliphatic carbocycles. The van der Waals surface area contributed by atoms with Gasteiger partial charge in [0.15, 0.2) is 23.3 Å². The molecular weight excluding hydrogens is 485 g/mol. The minimum atomic E-state index is -1.62. The summed E-state index contributed by atoms with van der Waals surface area (Å²) < 4.78 is 43.7. The highest BCUT2D eigenvalue weighted by Gasteiger charge is 2.29. The minimum absolute atomic E-state index is 0.00336. The van der Waals surface area contributed by atoms with E-state index in [-0.39, 0.29) is 29.2 Å². The zero-order valence-electron chi connectivity index (χ0n) is 19.6. The van der Waals surface area contributed by atoms with E-state index >= 15 is 0 Å². The maximum atomic E-state index is 14.1. The monoisotopic (exact) mass is 504 g/mol. The number of nitriles is 1. The Morgan fingerprint density at radius 2 is 1.68 bits per heavy atom. The van der Waals surface area contributed by atoms with Gasteiger partial charge >= 0.3 is 5.69 Å². The first-order valence-corrected chi connectivity index (χ1v) is 11.3. The average Bonchev–Trinajstić information content (AvgIpc) is 3.29. The first-order chi connectivity index (χ1) is 17.8. The average molecular weight is 504 g/mol. The van der Waals surface area contributed by atoms with Crippen LogP contribution in [-0.4, -0.2) is 19.3 Å². The Labute approximate surface area is 208 Å². The fraction of sp³-hybridized carbons (Fsp3) is 0.192. The smallest absolute Gasteiger partial charge is 0.339 e. The summed E-state index contributed by atoms with van der Waals surface area (Å²) in [5, 5.41) is 17.3. The van der Waals surface area contributed by atoms with Gasteiger partial charge in [-0.25, -0.2) is 22.5 Å². The van der Waals surface area contributed by atoms with Gasteiger partial charge in [0.2, 0.25) is 0 Å². The molecule has 1 aliphatic heterocycles. The molecule has 0 bridgehead atoms. The summed E-state index contributed by atoms with van der Waals surface area (Å²) in [7, 11) is 0. The third-order valence-corrected chi connectivity index (χ3v) is 6.21. The van der Waals surface area contributed by atoms with Crippen LogP contribution in [-0.2, 0) is 26.1 Å². The van der Waals surface area contributed by atoms with Crippen molar-refractivity contribution in [3.8, 4) is 11.9 Å². The summed E-state index contributed by atoms with van der Waals surface area (Å²) >= 11 is 0. The van der Waals surface area contributed by atoms with Gasteiger partial charge in [-0.3, -0.25) is 9.36 Å². The fourth-order valence-corrected chi connectivity index (χ4v) is 4.58. The third kappa shape index (κ3) is 4.27. The summed E-state index contributed by atoms with van der Waals surface area (Å²) in [6.45, 7) is 1.99. The van der Waals surface area contributed by atoms with Crippen LogP contribution < -0.4 is 16.1 Å². The van der Waals surface area contributed by atoms with E-state index in [0.717, 1.165) is 32.4 Å². The molecule has 0 saturated carbocycles. The van der Waals surface area contributed by atoms with Crippen molar-refractivity contribution in [3.63, 3.8) is 0 Å². The van der Waals surface area contributed by atoms with Gasteiger partial charge in [-0.15, -0.1) is 5.10 Å². The number of aryl methyl sites for hydroxylation is 1. The molecule has 4 aromatic rings. The molecule has 11 heteroatoms. The number of aromatic nitrogens is 4. The Morgan fingerprint density at radius 1 is 1.03 bits per heavy atom. The van der Waals surface area contributed by atoms with Crippen LogP contribution in [0.15, 0.2) is 58.3 Å². The van der Waals surface area contributed by atoms with Gasteiger partial charge in [0.05, 0.1) is 17.8 Å². The predicted octanol–water partition coefficient (Wildman–Crippen LogP) is 3.15. The number of benzene rings is 2. The second-order valence-corrected chi connectivity index (χ2v) is 8.74. The molecule has 37 heavy (non-hydrogen) atoms. The predicted molar refractivity (Wildman–Crippen MR) is 128 cm³/mol. The maximum absolute atomic E-state index is 14.1. The minimum Gasteiger partial charge on any atom is -0.349 e. The summed E-state index contributed by atoms with van der Waals surface area (Å²) in [4.78, 5) is 29.2. The first-order valence-electron chi connectivity index (χ1n) is 11.3. The van der Waals surface area contributed by atoms with Crippen molar-refractivity contribution in [2.24, 2.45) is 0 Å². The van der Waals surface area contributed by atoms with E-state index in [4.69, 9.17) is 0 Å². The number of hydrogen-bond acceptors (Lipinski definition) is 6. The molecule has 0 fully saturated rings. The van der Waals surface area contributed by atoms with E-state index in [1.165, 1.54) is 12.3 Å². The second kappa shape index (κ2) is 9.39. The van der Waals surface area contributed by atoms with Crippen molar-refractivity contribution in [1.82, 2.24) is 19.3 Å². The molecule has 2 aromatic heterocycles. The summed E-state index contributed by atoms with van der Waals surface area (Å²) in [5.74, 6) is -4.34. The number of hydrogen-bond donors (Lipinski definition) is 0. The lowest BCUT2D eigenvalue weighted by Crippen LogP contribution is -2.44. The molecule has 0 radical (unpaired) electrons. The second-order valence-electron chi connectivity index (χ2n) is 8.74. The van der Waals surface area contributed by atoms with Gasteiger partial charge in [-0.2, -0.15) is 10.4 Å². The largest absolute Gasteiger partial charge is 0.349 e. The quantitative estimate of drug-likeness (QED) is 0.388. The van der Waals surface area contributed by atoms with Crippen LogP contribution in [0, 0.1) is 35.7 Å². The van der Waals surface area contributed by atoms with Crippen LogP contribution in [0.5, 0.6) is 0 Å². The van der Waals surface area contributed by atoms with Crippen LogP contribution in [0.3, 0.4) is 0 Å². The molecule has 3 heterocycles. The Hall–Kier alpha value is -4.72. The van der Waals surface area contributed by atoms with Crippen molar-refractivity contribution in [1.29, 1.82) is 5.26 Å². The molecule has 8 nitrogen and oxygen atoms in total. The van der Waals surface area contributed by atoms with Crippen molar-refractivity contribution in [3.05, 3.63) is 115 Å². The van der Waals surface area contributed by atoms with Crippen LogP contribution in [0.1, 0.15) is 27.8 Å². The van der Waals surface area contributed by atoms with Crippen molar-refractivity contribution >= 4 is 5.82 Å². The molecule has 2 aromatic carbocycles. The van der Waals surface area contributed by atoms with E-state index in [2.05, 4.69) is 10.2 Å². The highest BCUT2D eigenvalue weighted by Crippen LogP contribution is 2.30. The lowest BCUT2D eigenvalue weighted by molar-refractivity contribution is 0.445. The van der Waals surface area contributed by atoms with Gasteiger partial charge in [0.25, 0.3) is 5.56 Å². The highest BCUT2D eigenvalue weighted by molar-refractivity contribution is 5.54. The Kier molecular flexibility index (Phi) is 6.09. The molecule has 1 aliphatic rings. The number of halogens is 3.